The van der Waals surface area contributed by atoms with Gasteiger partial charge in [0.1, 0.15) is 0 Å². The normalized spacial score (nSPS) is 29.4. The lowest BCUT2D eigenvalue weighted by molar-refractivity contribution is 0.457. The van der Waals surface area contributed by atoms with E-state index in [1.54, 1.807) is 0 Å². The molecule has 2 atom stereocenters. The standard InChI is InChI=1S/C13H13N/c1-2-6-11-10(5-1)9-14-13-8-4-3-7-12(11)13/h1-2,5-6,9,12-13H,3-4,8H2. The molecule has 1 aliphatic heterocycles. The van der Waals surface area contributed by atoms with Crippen LogP contribution in [0.4, 0.5) is 0 Å². The fourth-order valence-corrected chi connectivity index (χ4v) is 2.44. The highest BCUT2D eigenvalue weighted by Crippen LogP contribution is 2.37. The fraction of sp³-hybridized carbons (Fsp3) is 0.385. The SMILES string of the molecule is [C]1CCCC2N=Cc3ccccc3C12. The number of benzene rings is 1. The van der Waals surface area contributed by atoms with E-state index in [0.29, 0.717) is 12.0 Å². The van der Waals surface area contributed by atoms with Crippen LogP contribution < -0.4 is 0 Å². The van der Waals surface area contributed by atoms with Crippen LogP contribution in [0.1, 0.15) is 36.3 Å². The van der Waals surface area contributed by atoms with E-state index in [4.69, 9.17) is 0 Å². The lowest BCUT2D eigenvalue weighted by atomic mass is 9.77. The third-order valence-corrected chi connectivity index (χ3v) is 3.16. The Balaban J connectivity index is 2.05. The smallest absolute Gasteiger partial charge is 0.0574 e. The zero-order chi connectivity index (χ0) is 9.38. The van der Waals surface area contributed by atoms with E-state index in [0.717, 1.165) is 6.42 Å². The number of hydrogen-bond acceptors (Lipinski definition) is 1. The molecule has 3 rings (SSSR count). The third kappa shape index (κ3) is 1.19. The van der Waals surface area contributed by atoms with E-state index in [1.807, 2.05) is 6.21 Å². The molecule has 14 heavy (non-hydrogen) atoms. The highest BCUT2D eigenvalue weighted by Gasteiger charge is 2.29. The molecular weight excluding hydrogens is 170 g/mol. The molecule has 2 unspecified atom stereocenters. The van der Waals surface area contributed by atoms with E-state index < -0.39 is 0 Å². The molecule has 1 aliphatic carbocycles. The monoisotopic (exact) mass is 183 g/mol. The van der Waals surface area contributed by atoms with Gasteiger partial charge in [0.15, 0.2) is 0 Å². The molecule has 1 aromatic carbocycles. The van der Waals surface area contributed by atoms with Gasteiger partial charge in [-0.3, -0.25) is 4.99 Å². The minimum Gasteiger partial charge on any atom is -0.289 e. The molecule has 0 bridgehead atoms. The molecule has 0 aromatic heterocycles. The quantitative estimate of drug-likeness (QED) is 0.586. The van der Waals surface area contributed by atoms with Crippen LogP contribution >= 0.6 is 0 Å². The molecule has 1 fully saturated rings. The van der Waals surface area contributed by atoms with Gasteiger partial charge in [-0.05, 0) is 30.4 Å². The summed E-state index contributed by atoms with van der Waals surface area (Å²) in [5.74, 6) is 0.463. The average Bonchev–Trinajstić information content (AvgIpc) is 2.29. The molecule has 0 N–H and O–H groups in total. The average molecular weight is 183 g/mol. The maximum absolute atomic E-state index is 4.61. The van der Waals surface area contributed by atoms with Crippen LogP contribution in [0.3, 0.4) is 0 Å². The molecule has 0 saturated heterocycles. The van der Waals surface area contributed by atoms with Gasteiger partial charge < -0.3 is 0 Å². The minimum atomic E-state index is 0.463. The van der Waals surface area contributed by atoms with Crippen molar-refractivity contribution in [3.05, 3.63) is 41.8 Å². The van der Waals surface area contributed by atoms with Crippen molar-refractivity contribution >= 4 is 6.21 Å². The first-order chi connectivity index (χ1) is 6.95. The molecule has 1 saturated carbocycles. The summed E-state index contributed by atoms with van der Waals surface area (Å²) in [6.45, 7) is 0. The van der Waals surface area contributed by atoms with Crippen molar-refractivity contribution in [2.24, 2.45) is 4.99 Å². The van der Waals surface area contributed by atoms with Crippen molar-refractivity contribution in [1.82, 2.24) is 0 Å². The van der Waals surface area contributed by atoms with Crippen molar-refractivity contribution in [2.75, 3.05) is 0 Å². The Hall–Kier alpha value is -1.11. The first kappa shape index (κ1) is 8.22. The van der Waals surface area contributed by atoms with Crippen LogP contribution in [0.25, 0.3) is 0 Å². The van der Waals surface area contributed by atoms with Crippen molar-refractivity contribution < 1.29 is 0 Å². The third-order valence-electron chi connectivity index (χ3n) is 3.16. The second kappa shape index (κ2) is 3.23. The van der Waals surface area contributed by atoms with Gasteiger partial charge in [0.25, 0.3) is 0 Å². The van der Waals surface area contributed by atoms with Crippen LogP contribution in [0.5, 0.6) is 0 Å². The van der Waals surface area contributed by atoms with E-state index in [9.17, 15) is 0 Å². The van der Waals surface area contributed by atoms with Gasteiger partial charge in [-0.2, -0.15) is 0 Å². The molecule has 1 aromatic rings. The zero-order valence-electron chi connectivity index (χ0n) is 8.11. The Morgan fingerprint density at radius 3 is 3.21 bits per heavy atom. The Morgan fingerprint density at radius 2 is 2.21 bits per heavy atom. The number of nitrogens with zero attached hydrogens (tertiary/aromatic N) is 1. The minimum absolute atomic E-state index is 0.463. The van der Waals surface area contributed by atoms with Gasteiger partial charge in [0, 0.05) is 12.1 Å². The van der Waals surface area contributed by atoms with Crippen LogP contribution in [0, 0.1) is 6.42 Å². The van der Waals surface area contributed by atoms with E-state index in [-0.39, 0.29) is 0 Å². The van der Waals surface area contributed by atoms with Gasteiger partial charge in [0.05, 0.1) is 6.04 Å². The molecule has 1 heteroatoms. The Labute approximate surface area is 84.9 Å². The summed E-state index contributed by atoms with van der Waals surface area (Å²) >= 11 is 0. The van der Waals surface area contributed by atoms with Crippen molar-refractivity contribution in [3.63, 3.8) is 0 Å². The van der Waals surface area contributed by atoms with Gasteiger partial charge in [-0.1, -0.05) is 30.7 Å². The Morgan fingerprint density at radius 1 is 1.29 bits per heavy atom. The van der Waals surface area contributed by atoms with Crippen LogP contribution in [-0.4, -0.2) is 12.3 Å². The topological polar surface area (TPSA) is 12.4 Å². The van der Waals surface area contributed by atoms with Gasteiger partial charge in [0.2, 0.25) is 0 Å². The fourth-order valence-electron chi connectivity index (χ4n) is 2.44. The highest BCUT2D eigenvalue weighted by atomic mass is 14.8. The number of aliphatic imine (C=N–C) groups is 1. The summed E-state index contributed by atoms with van der Waals surface area (Å²) < 4.78 is 0. The highest BCUT2D eigenvalue weighted by molar-refractivity contribution is 5.83. The number of rotatable bonds is 0. The largest absolute Gasteiger partial charge is 0.289 e. The zero-order valence-corrected chi connectivity index (χ0v) is 8.11. The van der Waals surface area contributed by atoms with Crippen molar-refractivity contribution in [1.29, 1.82) is 0 Å². The predicted molar refractivity (Wildman–Crippen MR) is 57.7 cm³/mol. The van der Waals surface area contributed by atoms with Crippen LogP contribution in [0.2, 0.25) is 0 Å². The molecule has 2 radical (unpaired) electrons. The summed E-state index contributed by atoms with van der Waals surface area (Å²) in [6.07, 6.45) is 9.20. The van der Waals surface area contributed by atoms with E-state index >= 15 is 0 Å². The maximum atomic E-state index is 4.61. The van der Waals surface area contributed by atoms with Crippen molar-refractivity contribution in [2.45, 2.75) is 31.2 Å². The van der Waals surface area contributed by atoms with E-state index in [1.165, 1.54) is 24.0 Å². The molecular formula is C13H13N. The second-order valence-corrected chi connectivity index (χ2v) is 4.05. The second-order valence-electron chi connectivity index (χ2n) is 4.05. The van der Waals surface area contributed by atoms with Gasteiger partial charge >= 0.3 is 0 Å². The molecule has 2 aliphatic rings. The summed E-state index contributed by atoms with van der Waals surface area (Å²) in [7, 11) is 0. The lowest BCUT2D eigenvalue weighted by Gasteiger charge is -2.32. The maximum Gasteiger partial charge on any atom is 0.0574 e. The van der Waals surface area contributed by atoms with Crippen LogP contribution in [0.15, 0.2) is 29.3 Å². The summed E-state index contributed by atoms with van der Waals surface area (Å²) in [4.78, 5) is 4.61. The molecule has 0 spiro atoms. The van der Waals surface area contributed by atoms with Gasteiger partial charge in [-0.15, -0.1) is 0 Å². The number of fused-ring (bicyclic) bond motifs is 3. The van der Waals surface area contributed by atoms with Crippen LogP contribution in [-0.2, 0) is 0 Å². The first-order valence-electron chi connectivity index (χ1n) is 5.30. The van der Waals surface area contributed by atoms with Crippen molar-refractivity contribution in [3.8, 4) is 0 Å². The summed E-state index contributed by atoms with van der Waals surface area (Å²) in [5.41, 5.74) is 2.70. The molecule has 1 nitrogen and oxygen atoms in total. The van der Waals surface area contributed by atoms with Gasteiger partial charge in [-0.25, -0.2) is 0 Å². The molecule has 0 amide bonds. The Kier molecular flexibility index (Phi) is 1.90. The molecule has 1 heterocycles. The lowest BCUT2D eigenvalue weighted by Crippen LogP contribution is -2.25. The van der Waals surface area contributed by atoms with E-state index in [2.05, 4.69) is 35.7 Å². The Bertz CT molecular complexity index is 367. The first-order valence-corrected chi connectivity index (χ1v) is 5.30. The summed E-state index contributed by atoms with van der Waals surface area (Å²) in [5, 5.41) is 0. The number of hydrogen-bond donors (Lipinski definition) is 0. The summed E-state index contributed by atoms with van der Waals surface area (Å²) in [6, 6.07) is 9.03. The molecule has 70 valence electrons. The predicted octanol–water partition coefficient (Wildman–Crippen LogP) is 2.84.